The number of hydrogen-bond donors (Lipinski definition) is 2. The Morgan fingerprint density at radius 2 is 2.06 bits per heavy atom. The van der Waals surface area contributed by atoms with Crippen molar-refractivity contribution in [2.24, 2.45) is 0 Å². The SMILES string of the molecule is FC(F)(F)c1ccnc(NCc2ccn[nH]2)c1. The monoisotopic (exact) mass is 242 g/mol. The van der Waals surface area contributed by atoms with E-state index in [1.54, 1.807) is 12.3 Å². The van der Waals surface area contributed by atoms with Crippen LogP contribution in [0.25, 0.3) is 0 Å². The number of hydrogen-bond acceptors (Lipinski definition) is 3. The van der Waals surface area contributed by atoms with Crippen molar-refractivity contribution in [2.45, 2.75) is 12.7 Å². The van der Waals surface area contributed by atoms with E-state index in [9.17, 15) is 13.2 Å². The van der Waals surface area contributed by atoms with Gasteiger partial charge in [-0.3, -0.25) is 5.10 Å². The van der Waals surface area contributed by atoms with Gasteiger partial charge >= 0.3 is 6.18 Å². The number of pyridine rings is 1. The lowest BCUT2D eigenvalue weighted by molar-refractivity contribution is -0.137. The maximum atomic E-state index is 12.4. The summed E-state index contributed by atoms with van der Waals surface area (Å²) in [7, 11) is 0. The molecule has 0 aromatic carbocycles. The second-order valence-corrected chi connectivity index (χ2v) is 3.36. The van der Waals surface area contributed by atoms with E-state index in [1.165, 1.54) is 0 Å². The van der Waals surface area contributed by atoms with Gasteiger partial charge in [0, 0.05) is 12.4 Å². The summed E-state index contributed by atoms with van der Waals surface area (Å²) < 4.78 is 37.2. The molecule has 17 heavy (non-hydrogen) atoms. The van der Waals surface area contributed by atoms with Crippen LogP contribution in [0.1, 0.15) is 11.3 Å². The molecule has 7 heteroatoms. The second-order valence-electron chi connectivity index (χ2n) is 3.36. The normalized spacial score (nSPS) is 11.5. The van der Waals surface area contributed by atoms with Gasteiger partial charge in [0.25, 0.3) is 0 Å². The minimum atomic E-state index is -4.35. The van der Waals surface area contributed by atoms with Crippen molar-refractivity contribution in [3.63, 3.8) is 0 Å². The number of aromatic amines is 1. The first kappa shape index (κ1) is 11.4. The fourth-order valence-corrected chi connectivity index (χ4v) is 1.27. The lowest BCUT2D eigenvalue weighted by atomic mass is 10.2. The van der Waals surface area contributed by atoms with Crippen molar-refractivity contribution in [1.29, 1.82) is 0 Å². The molecule has 0 atom stereocenters. The highest BCUT2D eigenvalue weighted by atomic mass is 19.4. The standard InChI is InChI=1S/C10H9F3N4/c11-10(12,13)7-1-3-14-9(5-7)15-6-8-2-4-16-17-8/h1-5H,6H2,(H,14,15)(H,16,17). The molecule has 4 nitrogen and oxygen atoms in total. The van der Waals surface area contributed by atoms with Crippen LogP contribution >= 0.6 is 0 Å². The number of rotatable bonds is 3. The van der Waals surface area contributed by atoms with E-state index >= 15 is 0 Å². The summed E-state index contributed by atoms with van der Waals surface area (Å²) in [5.41, 5.74) is 0.0452. The molecule has 2 heterocycles. The van der Waals surface area contributed by atoms with Crippen LogP contribution in [-0.4, -0.2) is 15.2 Å². The Balaban J connectivity index is 2.07. The molecule has 0 saturated heterocycles. The van der Waals surface area contributed by atoms with E-state index in [-0.39, 0.29) is 5.82 Å². The first-order chi connectivity index (χ1) is 8.05. The Bertz CT molecular complexity index is 479. The van der Waals surface area contributed by atoms with E-state index in [1.807, 2.05) is 0 Å². The fourth-order valence-electron chi connectivity index (χ4n) is 1.27. The van der Waals surface area contributed by atoms with Crippen LogP contribution < -0.4 is 5.32 Å². The molecule has 0 fully saturated rings. The molecule has 90 valence electrons. The molecule has 0 aliphatic rings. The summed E-state index contributed by atoms with van der Waals surface area (Å²) >= 11 is 0. The lowest BCUT2D eigenvalue weighted by Crippen LogP contribution is -2.07. The zero-order valence-electron chi connectivity index (χ0n) is 8.62. The van der Waals surface area contributed by atoms with Crippen LogP contribution in [0.15, 0.2) is 30.6 Å². The number of aromatic nitrogens is 3. The van der Waals surface area contributed by atoms with E-state index in [0.717, 1.165) is 24.0 Å². The zero-order chi connectivity index (χ0) is 12.3. The third kappa shape index (κ3) is 2.96. The molecule has 0 aliphatic carbocycles. The summed E-state index contributed by atoms with van der Waals surface area (Å²) in [6.45, 7) is 0.342. The molecule has 2 aromatic rings. The van der Waals surface area contributed by atoms with Gasteiger partial charge in [-0.05, 0) is 18.2 Å². The molecule has 0 spiro atoms. The average molecular weight is 242 g/mol. The number of nitrogens with one attached hydrogen (secondary N) is 2. The largest absolute Gasteiger partial charge is 0.416 e. The summed E-state index contributed by atoms with van der Waals surface area (Å²) in [4.78, 5) is 3.81. The third-order valence-electron chi connectivity index (χ3n) is 2.11. The van der Waals surface area contributed by atoms with Gasteiger partial charge in [0.2, 0.25) is 0 Å². The van der Waals surface area contributed by atoms with E-state index in [0.29, 0.717) is 6.54 Å². The Morgan fingerprint density at radius 1 is 1.24 bits per heavy atom. The molecule has 2 aromatic heterocycles. The molecular weight excluding hydrogens is 233 g/mol. The summed E-state index contributed by atoms with van der Waals surface area (Å²) in [5, 5.41) is 9.19. The highest BCUT2D eigenvalue weighted by Gasteiger charge is 2.30. The predicted octanol–water partition coefficient (Wildman–Crippen LogP) is 2.44. The van der Waals surface area contributed by atoms with Crippen molar-refractivity contribution in [1.82, 2.24) is 15.2 Å². The minimum Gasteiger partial charge on any atom is -0.364 e. The summed E-state index contributed by atoms with van der Waals surface area (Å²) in [6.07, 6.45) is -1.66. The molecule has 0 aliphatic heterocycles. The number of halogens is 3. The van der Waals surface area contributed by atoms with Crippen molar-refractivity contribution in [3.05, 3.63) is 41.9 Å². The molecule has 0 unspecified atom stereocenters. The maximum absolute atomic E-state index is 12.4. The van der Waals surface area contributed by atoms with Crippen LogP contribution in [0.4, 0.5) is 19.0 Å². The molecular formula is C10H9F3N4. The molecule has 0 saturated carbocycles. The summed E-state index contributed by atoms with van der Waals surface area (Å²) in [5.74, 6) is 0.175. The molecule has 0 amide bonds. The van der Waals surface area contributed by atoms with Crippen molar-refractivity contribution in [3.8, 4) is 0 Å². The van der Waals surface area contributed by atoms with Gasteiger partial charge in [-0.2, -0.15) is 18.3 Å². The van der Waals surface area contributed by atoms with Gasteiger partial charge in [0.05, 0.1) is 17.8 Å². The number of H-pyrrole nitrogens is 1. The van der Waals surface area contributed by atoms with E-state index in [2.05, 4.69) is 20.5 Å². The Hall–Kier alpha value is -2.05. The topological polar surface area (TPSA) is 53.6 Å². The minimum absolute atomic E-state index is 0.175. The molecule has 2 N–H and O–H groups in total. The summed E-state index contributed by atoms with van der Waals surface area (Å²) in [6, 6.07) is 3.62. The van der Waals surface area contributed by atoms with Crippen molar-refractivity contribution < 1.29 is 13.2 Å². The quantitative estimate of drug-likeness (QED) is 0.869. The van der Waals surface area contributed by atoms with E-state index < -0.39 is 11.7 Å². The smallest absolute Gasteiger partial charge is 0.364 e. The van der Waals surface area contributed by atoms with Crippen molar-refractivity contribution >= 4 is 5.82 Å². The van der Waals surface area contributed by atoms with Crippen LogP contribution in [0.2, 0.25) is 0 Å². The highest BCUT2D eigenvalue weighted by molar-refractivity contribution is 5.38. The predicted molar refractivity (Wildman–Crippen MR) is 55.2 cm³/mol. The molecule has 2 rings (SSSR count). The number of alkyl halides is 3. The maximum Gasteiger partial charge on any atom is 0.416 e. The van der Waals surface area contributed by atoms with Crippen LogP contribution in [0, 0.1) is 0 Å². The zero-order valence-corrected chi connectivity index (χ0v) is 8.62. The average Bonchev–Trinajstić information content (AvgIpc) is 2.78. The Morgan fingerprint density at radius 3 is 2.71 bits per heavy atom. The Kier molecular flexibility index (Phi) is 2.99. The Labute approximate surface area is 94.9 Å². The molecule has 0 bridgehead atoms. The van der Waals surface area contributed by atoms with Gasteiger partial charge in [0.1, 0.15) is 5.82 Å². The highest BCUT2D eigenvalue weighted by Crippen LogP contribution is 2.29. The molecule has 0 radical (unpaired) electrons. The fraction of sp³-hybridized carbons (Fsp3) is 0.200. The number of anilines is 1. The van der Waals surface area contributed by atoms with Gasteiger partial charge in [-0.25, -0.2) is 4.98 Å². The van der Waals surface area contributed by atoms with Crippen LogP contribution in [-0.2, 0) is 12.7 Å². The lowest BCUT2D eigenvalue weighted by Gasteiger charge is -2.08. The van der Waals surface area contributed by atoms with Crippen LogP contribution in [0.5, 0.6) is 0 Å². The van der Waals surface area contributed by atoms with Gasteiger partial charge in [0.15, 0.2) is 0 Å². The second kappa shape index (κ2) is 4.44. The van der Waals surface area contributed by atoms with Crippen LogP contribution in [0.3, 0.4) is 0 Å². The van der Waals surface area contributed by atoms with E-state index in [4.69, 9.17) is 0 Å². The van der Waals surface area contributed by atoms with Gasteiger partial charge in [-0.1, -0.05) is 0 Å². The van der Waals surface area contributed by atoms with Crippen molar-refractivity contribution in [2.75, 3.05) is 5.32 Å². The first-order valence-electron chi connectivity index (χ1n) is 4.81. The third-order valence-corrected chi connectivity index (χ3v) is 2.11. The van der Waals surface area contributed by atoms with Gasteiger partial charge in [-0.15, -0.1) is 0 Å². The number of nitrogens with zero attached hydrogens (tertiary/aromatic N) is 2. The van der Waals surface area contributed by atoms with Gasteiger partial charge < -0.3 is 5.32 Å². The first-order valence-corrected chi connectivity index (χ1v) is 4.81.